The van der Waals surface area contributed by atoms with E-state index in [-0.39, 0.29) is 11.7 Å². The van der Waals surface area contributed by atoms with Crippen LogP contribution in [0.5, 0.6) is 5.75 Å². The number of phenolic OH excluding ortho intramolecular Hbond substituents is 1. The van der Waals surface area contributed by atoms with E-state index in [1.54, 1.807) is 42.5 Å². The summed E-state index contributed by atoms with van der Waals surface area (Å²) in [6.45, 7) is 4.00. The second kappa shape index (κ2) is 9.15. The minimum atomic E-state index is -0.388. The number of phenols is 1. The molecule has 0 saturated heterocycles. The van der Waals surface area contributed by atoms with E-state index in [1.807, 2.05) is 19.3 Å². The van der Waals surface area contributed by atoms with E-state index >= 15 is 0 Å². The molecule has 6 heteroatoms. The van der Waals surface area contributed by atoms with Gasteiger partial charge in [0.2, 0.25) is 0 Å². The summed E-state index contributed by atoms with van der Waals surface area (Å²) in [4.78, 5) is 11.7. The number of rotatable bonds is 4. The average molecular weight is 301 g/mol. The summed E-state index contributed by atoms with van der Waals surface area (Å²) >= 11 is 0. The number of para-hydroxylation sites is 1. The van der Waals surface area contributed by atoms with Gasteiger partial charge >= 0.3 is 0 Å². The van der Waals surface area contributed by atoms with Gasteiger partial charge in [0, 0.05) is 11.1 Å². The van der Waals surface area contributed by atoms with Gasteiger partial charge in [-0.25, -0.2) is 5.43 Å². The first-order chi connectivity index (χ1) is 10.7. The number of hydrogen-bond acceptors (Lipinski definition) is 5. The molecule has 0 heterocycles. The first-order valence-corrected chi connectivity index (χ1v) is 6.82. The van der Waals surface area contributed by atoms with Crippen molar-refractivity contribution in [3.05, 3.63) is 59.7 Å². The largest absolute Gasteiger partial charge is 0.507 e. The number of amides is 1. The number of benzene rings is 2. The maximum absolute atomic E-state index is 11.7. The molecule has 0 radical (unpaired) electrons. The molecule has 0 saturated carbocycles. The number of carbonyl (C=O) groups is 1. The topological polar surface area (TPSA) is 94.0 Å². The Hall–Kier alpha value is -2.86. The normalized spacial score (nSPS) is 9.77. The quantitative estimate of drug-likeness (QED) is 0.516. The van der Waals surface area contributed by atoms with Gasteiger partial charge in [0.25, 0.3) is 5.91 Å². The Morgan fingerprint density at radius 1 is 1.09 bits per heavy atom. The molecule has 0 aromatic heterocycles. The van der Waals surface area contributed by atoms with Crippen LogP contribution in [0.2, 0.25) is 0 Å². The lowest BCUT2D eigenvalue weighted by molar-refractivity contribution is 0.0955. The van der Waals surface area contributed by atoms with Gasteiger partial charge in [-0.2, -0.15) is 5.10 Å². The number of nitrogens with one attached hydrogen (secondary N) is 2. The predicted octanol–water partition coefficient (Wildman–Crippen LogP) is 2.98. The van der Waals surface area contributed by atoms with Crippen molar-refractivity contribution >= 4 is 17.8 Å². The molecule has 0 spiro atoms. The molecule has 0 fully saturated rings. The van der Waals surface area contributed by atoms with Crippen LogP contribution in [-0.4, -0.2) is 22.4 Å². The molecule has 2 aromatic carbocycles. The monoisotopic (exact) mass is 301 g/mol. The zero-order valence-electron chi connectivity index (χ0n) is 12.4. The Bertz CT molecular complexity index is 625. The maximum Gasteiger partial charge on any atom is 0.271 e. The third-order valence-electron chi connectivity index (χ3n) is 2.58. The maximum atomic E-state index is 11.7. The van der Waals surface area contributed by atoms with Gasteiger partial charge < -0.3 is 5.11 Å². The molecule has 4 N–H and O–H groups in total. The SMILES string of the molecule is CC.O=C(N/N=C/c1ccccc1O)c1ccc(NO)cc1. The minimum absolute atomic E-state index is 0.0869. The molecular weight excluding hydrogens is 282 g/mol. The first-order valence-electron chi connectivity index (χ1n) is 6.82. The number of hydrazone groups is 1. The van der Waals surface area contributed by atoms with Crippen LogP contribution in [0.3, 0.4) is 0 Å². The number of anilines is 1. The zero-order valence-corrected chi connectivity index (χ0v) is 12.4. The lowest BCUT2D eigenvalue weighted by atomic mass is 10.2. The Morgan fingerprint density at radius 3 is 2.32 bits per heavy atom. The van der Waals surface area contributed by atoms with Gasteiger partial charge in [0.1, 0.15) is 5.75 Å². The molecule has 22 heavy (non-hydrogen) atoms. The van der Waals surface area contributed by atoms with Gasteiger partial charge in [-0.3, -0.25) is 15.5 Å². The highest BCUT2D eigenvalue weighted by Crippen LogP contribution is 2.12. The van der Waals surface area contributed by atoms with Crippen LogP contribution in [0.15, 0.2) is 53.6 Å². The summed E-state index contributed by atoms with van der Waals surface area (Å²) in [7, 11) is 0. The highest BCUT2D eigenvalue weighted by atomic mass is 16.5. The molecule has 0 aliphatic carbocycles. The van der Waals surface area contributed by atoms with Crippen molar-refractivity contribution in [2.24, 2.45) is 5.10 Å². The number of nitrogens with zero attached hydrogens (tertiary/aromatic N) is 1. The smallest absolute Gasteiger partial charge is 0.271 e. The van der Waals surface area contributed by atoms with E-state index in [0.717, 1.165) is 0 Å². The van der Waals surface area contributed by atoms with Crippen molar-refractivity contribution in [3.63, 3.8) is 0 Å². The summed E-state index contributed by atoms with van der Waals surface area (Å²) in [6.07, 6.45) is 1.36. The van der Waals surface area contributed by atoms with Crippen LogP contribution in [0.4, 0.5) is 5.69 Å². The Balaban J connectivity index is 0.00000116. The number of aromatic hydroxyl groups is 1. The summed E-state index contributed by atoms with van der Waals surface area (Å²) in [5.74, 6) is -0.301. The van der Waals surface area contributed by atoms with Crippen LogP contribution in [-0.2, 0) is 0 Å². The van der Waals surface area contributed by atoms with Gasteiger partial charge in [0.05, 0.1) is 11.9 Å². The van der Waals surface area contributed by atoms with Crippen molar-refractivity contribution in [2.75, 3.05) is 5.48 Å². The van der Waals surface area contributed by atoms with Crippen molar-refractivity contribution in [3.8, 4) is 5.75 Å². The standard InChI is InChI=1S/C14H13N3O3.C2H6/c18-13-4-2-1-3-11(13)9-15-16-14(19)10-5-7-12(17-20)8-6-10;1-2/h1-9,17-18,20H,(H,16,19);1-2H3/b15-9+;. The Morgan fingerprint density at radius 2 is 1.73 bits per heavy atom. The molecular formula is C16H19N3O3. The summed E-state index contributed by atoms with van der Waals surface area (Å²) in [6, 6.07) is 12.9. The number of hydrogen-bond donors (Lipinski definition) is 4. The molecule has 0 aliphatic heterocycles. The van der Waals surface area contributed by atoms with Crippen LogP contribution < -0.4 is 10.9 Å². The molecule has 2 rings (SSSR count). The summed E-state index contributed by atoms with van der Waals surface area (Å²) < 4.78 is 0. The van der Waals surface area contributed by atoms with E-state index in [4.69, 9.17) is 5.21 Å². The molecule has 0 aliphatic rings. The van der Waals surface area contributed by atoms with Crippen LogP contribution >= 0.6 is 0 Å². The van der Waals surface area contributed by atoms with Gasteiger partial charge in [0.15, 0.2) is 0 Å². The molecule has 116 valence electrons. The Kier molecular flexibility index (Phi) is 7.15. The second-order valence-electron chi connectivity index (χ2n) is 3.95. The first kappa shape index (κ1) is 17.2. The van der Waals surface area contributed by atoms with Crippen molar-refractivity contribution in [2.45, 2.75) is 13.8 Å². The van der Waals surface area contributed by atoms with Crippen molar-refractivity contribution in [1.29, 1.82) is 0 Å². The fourth-order valence-corrected chi connectivity index (χ4v) is 1.52. The molecule has 0 unspecified atom stereocenters. The molecule has 6 nitrogen and oxygen atoms in total. The lowest BCUT2D eigenvalue weighted by Gasteiger charge is -2.02. The van der Waals surface area contributed by atoms with Crippen molar-refractivity contribution in [1.82, 2.24) is 5.43 Å². The third-order valence-corrected chi connectivity index (χ3v) is 2.58. The molecule has 0 bridgehead atoms. The Labute approximate surface area is 129 Å². The van der Waals surface area contributed by atoms with Crippen LogP contribution in [0, 0.1) is 0 Å². The highest BCUT2D eigenvalue weighted by Gasteiger charge is 2.03. The summed E-state index contributed by atoms with van der Waals surface area (Å²) in [5, 5.41) is 22.0. The highest BCUT2D eigenvalue weighted by molar-refractivity contribution is 5.95. The fourth-order valence-electron chi connectivity index (χ4n) is 1.52. The lowest BCUT2D eigenvalue weighted by Crippen LogP contribution is -2.17. The third kappa shape index (κ3) is 4.92. The predicted molar refractivity (Wildman–Crippen MR) is 86.4 cm³/mol. The van der Waals surface area contributed by atoms with E-state index < -0.39 is 0 Å². The molecule has 2 aromatic rings. The summed E-state index contributed by atoms with van der Waals surface area (Å²) in [5.41, 5.74) is 5.72. The average Bonchev–Trinajstić information content (AvgIpc) is 2.58. The van der Waals surface area contributed by atoms with Crippen LogP contribution in [0.25, 0.3) is 0 Å². The van der Waals surface area contributed by atoms with Crippen molar-refractivity contribution < 1.29 is 15.1 Å². The van der Waals surface area contributed by atoms with E-state index in [9.17, 15) is 9.90 Å². The molecule has 0 atom stereocenters. The van der Waals surface area contributed by atoms with E-state index in [1.165, 1.54) is 12.3 Å². The van der Waals surface area contributed by atoms with Gasteiger partial charge in [-0.05, 0) is 36.4 Å². The van der Waals surface area contributed by atoms with E-state index in [2.05, 4.69) is 10.5 Å². The molecule has 1 amide bonds. The van der Waals surface area contributed by atoms with E-state index in [0.29, 0.717) is 16.8 Å². The van der Waals surface area contributed by atoms with Gasteiger partial charge in [-0.1, -0.05) is 26.0 Å². The second-order valence-corrected chi connectivity index (χ2v) is 3.95. The minimum Gasteiger partial charge on any atom is -0.507 e. The van der Waals surface area contributed by atoms with Crippen LogP contribution in [0.1, 0.15) is 29.8 Å². The zero-order chi connectivity index (χ0) is 16.4. The van der Waals surface area contributed by atoms with Gasteiger partial charge in [-0.15, -0.1) is 0 Å². The number of carbonyl (C=O) groups excluding carboxylic acids is 1. The fraction of sp³-hybridized carbons (Fsp3) is 0.125.